The topological polar surface area (TPSA) is 32.3 Å². The van der Waals surface area contributed by atoms with Crippen LogP contribution in [0.5, 0.6) is 0 Å². The van der Waals surface area contributed by atoms with Crippen molar-refractivity contribution in [1.82, 2.24) is 4.90 Å². The van der Waals surface area contributed by atoms with E-state index in [-0.39, 0.29) is 5.91 Å². The summed E-state index contributed by atoms with van der Waals surface area (Å²) in [6, 6.07) is 9.16. The molecule has 1 aromatic carbocycles. The molecule has 0 bridgehead atoms. The first kappa shape index (κ1) is 15.6. The molecule has 1 fully saturated rings. The monoisotopic (exact) mass is 352 g/mol. The number of nitrogens with one attached hydrogen (secondary N) is 1. The molecular formula is C21H24N2OS. The minimum absolute atomic E-state index is 0.127. The van der Waals surface area contributed by atoms with Crippen molar-refractivity contribution < 1.29 is 4.79 Å². The van der Waals surface area contributed by atoms with Gasteiger partial charge in [-0.1, -0.05) is 6.07 Å². The second-order valence-corrected chi connectivity index (χ2v) is 8.69. The molecule has 1 N–H and O–H groups in total. The van der Waals surface area contributed by atoms with E-state index < -0.39 is 0 Å². The number of nitrogens with zero attached hydrogens (tertiary/aromatic N) is 1. The number of anilines is 1. The minimum Gasteiger partial charge on any atom is -0.325 e. The third-order valence-corrected chi connectivity index (χ3v) is 6.91. The van der Waals surface area contributed by atoms with Gasteiger partial charge in [0.25, 0.3) is 0 Å². The summed E-state index contributed by atoms with van der Waals surface area (Å²) < 4.78 is 0. The van der Waals surface area contributed by atoms with Crippen LogP contribution in [0, 0.1) is 5.92 Å². The van der Waals surface area contributed by atoms with Gasteiger partial charge in [-0.2, -0.15) is 0 Å². The number of benzene rings is 1. The van der Waals surface area contributed by atoms with Crippen molar-refractivity contribution >= 4 is 22.9 Å². The number of rotatable bonds is 4. The Morgan fingerprint density at radius 1 is 1.16 bits per heavy atom. The molecule has 4 heteroatoms. The van der Waals surface area contributed by atoms with Crippen LogP contribution in [-0.2, 0) is 24.1 Å². The standard InChI is InChI=1S/C21H24N2OS/c24-20(22-17-7-6-14-2-1-3-16(14)12-17)13-23-10-8-19-18(9-11-25-19)21(23)15-4-5-15/h6-7,9,11-12,15,21H,1-5,8,10,13H2,(H,22,24)/t21-/m1/s1. The molecule has 5 rings (SSSR count). The second-order valence-electron chi connectivity index (χ2n) is 7.69. The highest BCUT2D eigenvalue weighted by Crippen LogP contribution is 2.48. The van der Waals surface area contributed by atoms with Crippen LogP contribution < -0.4 is 5.32 Å². The lowest BCUT2D eigenvalue weighted by Gasteiger charge is -2.35. The predicted molar refractivity (Wildman–Crippen MR) is 102 cm³/mol. The van der Waals surface area contributed by atoms with E-state index in [1.54, 1.807) is 0 Å². The fourth-order valence-corrected chi connectivity index (χ4v) is 5.49. The van der Waals surface area contributed by atoms with E-state index in [9.17, 15) is 4.79 Å². The molecule has 2 aliphatic carbocycles. The van der Waals surface area contributed by atoms with E-state index in [0.29, 0.717) is 12.6 Å². The maximum absolute atomic E-state index is 12.7. The van der Waals surface area contributed by atoms with Crippen molar-refractivity contribution in [2.45, 2.75) is 44.6 Å². The molecule has 0 spiro atoms. The normalized spacial score (nSPS) is 22.5. The number of fused-ring (bicyclic) bond motifs is 2. The van der Waals surface area contributed by atoms with Crippen molar-refractivity contribution in [3.8, 4) is 0 Å². The fraction of sp³-hybridized carbons (Fsp3) is 0.476. The van der Waals surface area contributed by atoms with E-state index in [4.69, 9.17) is 0 Å². The Morgan fingerprint density at radius 3 is 2.92 bits per heavy atom. The summed E-state index contributed by atoms with van der Waals surface area (Å²) >= 11 is 1.88. The average molecular weight is 353 g/mol. The maximum Gasteiger partial charge on any atom is 0.238 e. The smallest absolute Gasteiger partial charge is 0.238 e. The Morgan fingerprint density at radius 2 is 2.04 bits per heavy atom. The number of hydrogen-bond acceptors (Lipinski definition) is 3. The van der Waals surface area contributed by atoms with Gasteiger partial charge in [0, 0.05) is 23.2 Å². The summed E-state index contributed by atoms with van der Waals surface area (Å²) in [5.74, 6) is 0.878. The summed E-state index contributed by atoms with van der Waals surface area (Å²) in [5.41, 5.74) is 5.31. The zero-order valence-electron chi connectivity index (χ0n) is 14.5. The third-order valence-electron chi connectivity index (χ3n) is 5.92. The van der Waals surface area contributed by atoms with Gasteiger partial charge in [0.05, 0.1) is 6.54 Å². The van der Waals surface area contributed by atoms with Crippen LogP contribution in [0.15, 0.2) is 29.6 Å². The van der Waals surface area contributed by atoms with Crippen LogP contribution in [0.2, 0.25) is 0 Å². The van der Waals surface area contributed by atoms with E-state index in [0.717, 1.165) is 31.0 Å². The highest BCUT2D eigenvalue weighted by molar-refractivity contribution is 7.10. The Balaban J connectivity index is 1.29. The predicted octanol–water partition coefficient (Wildman–Crippen LogP) is 4.18. The van der Waals surface area contributed by atoms with Crippen molar-refractivity contribution in [1.29, 1.82) is 0 Å². The van der Waals surface area contributed by atoms with Crippen molar-refractivity contribution in [2.75, 3.05) is 18.4 Å². The van der Waals surface area contributed by atoms with Crippen molar-refractivity contribution in [2.24, 2.45) is 5.92 Å². The van der Waals surface area contributed by atoms with E-state index >= 15 is 0 Å². The highest BCUT2D eigenvalue weighted by Gasteiger charge is 2.40. The number of carbonyl (C=O) groups excluding carboxylic acids is 1. The molecule has 1 atom stereocenters. The van der Waals surface area contributed by atoms with Gasteiger partial charge < -0.3 is 5.32 Å². The largest absolute Gasteiger partial charge is 0.325 e. The number of amides is 1. The van der Waals surface area contributed by atoms with Gasteiger partial charge in [0.15, 0.2) is 0 Å². The van der Waals surface area contributed by atoms with Crippen molar-refractivity contribution in [3.63, 3.8) is 0 Å². The van der Waals surface area contributed by atoms with Gasteiger partial charge >= 0.3 is 0 Å². The summed E-state index contributed by atoms with van der Waals surface area (Å²) in [5, 5.41) is 5.36. The van der Waals surface area contributed by atoms with Crippen LogP contribution in [-0.4, -0.2) is 23.9 Å². The zero-order chi connectivity index (χ0) is 16.8. The molecule has 2 heterocycles. The SMILES string of the molecule is O=C(CN1CCc2sccc2[C@H]1C1CC1)Nc1ccc2c(c1)CCC2. The molecule has 1 aliphatic heterocycles. The van der Waals surface area contributed by atoms with Crippen LogP contribution >= 0.6 is 11.3 Å². The Bertz CT molecular complexity index is 808. The molecule has 1 amide bonds. The lowest BCUT2D eigenvalue weighted by Crippen LogP contribution is -2.41. The molecule has 0 unspecified atom stereocenters. The quantitative estimate of drug-likeness (QED) is 0.895. The molecule has 3 aliphatic rings. The molecule has 0 saturated heterocycles. The molecule has 1 saturated carbocycles. The van der Waals surface area contributed by atoms with Crippen LogP contribution in [0.25, 0.3) is 0 Å². The summed E-state index contributed by atoms with van der Waals surface area (Å²) in [4.78, 5) is 16.6. The molecule has 0 radical (unpaired) electrons. The zero-order valence-corrected chi connectivity index (χ0v) is 15.3. The lowest BCUT2D eigenvalue weighted by atomic mass is 9.96. The molecular weight excluding hydrogens is 328 g/mol. The molecule has 1 aromatic heterocycles. The lowest BCUT2D eigenvalue weighted by molar-refractivity contribution is -0.118. The maximum atomic E-state index is 12.7. The third kappa shape index (κ3) is 3.02. The first-order chi connectivity index (χ1) is 12.3. The van der Waals surface area contributed by atoms with Crippen LogP contribution in [0.1, 0.15) is 46.9 Å². The Labute approximate surface area is 153 Å². The fourth-order valence-electron chi connectivity index (χ4n) is 4.57. The van der Waals surface area contributed by atoms with Gasteiger partial charge in [-0.25, -0.2) is 0 Å². The van der Waals surface area contributed by atoms with Gasteiger partial charge in [-0.05, 0) is 84.7 Å². The van der Waals surface area contributed by atoms with Gasteiger partial charge in [0.1, 0.15) is 0 Å². The molecule has 25 heavy (non-hydrogen) atoms. The second kappa shape index (κ2) is 6.26. The number of hydrogen-bond donors (Lipinski definition) is 1. The van der Waals surface area contributed by atoms with E-state index in [1.807, 2.05) is 11.3 Å². The van der Waals surface area contributed by atoms with Crippen LogP contribution in [0.3, 0.4) is 0 Å². The first-order valence-electron chi connectivity index (χ1n) is 9.50. The van der Waals surface area contributed by atoms with E-state index in [1.165, 1.54) is 47.3 Å². The average Bonchev–Trinajstić information content (AvgIpc) is 3.14. The summed E-state index contributed by atoms with van der Waals surface area (Å²) in [7, 11) is 0. The van der Waals surface area contributed by atoms with E-state index in [2.05, 4.69) is 39.9 Å². The summed E-state index contributed by atoms with van der Waals surface area (Å²) in [6.45, 7) is 1.51. The number of aryl methyl sites for hydroxylation is 2. The highest BCUT2D eigenvalue weighted by atomic mass is 32.1. The van der Waals surface area contributed by atoms with Gasteiger partial charge in [-0.3, -0.25) is 9.69 Å². The molecule has 130 valence electrons. The molecule has 3 nitrogen and oxygen atoms in total. The summed E-state index contributed by atoms with van der Waals surface area (Å²) in [6.07, 6.45) is 7.28. The Kier molecular flexibility index (Phi) is 3.90. The number of carbonyl (C=O) groups is 1. The molecule has 2 aromatic rings. The van der Waals surface area contributed by atoms with Gasteiger partial charge in [0.2, 0.25) is 5.91 Å². The van der Waals surface area contributed by atoms with Crippen molar-refractivity contribution in [3.05, 3.63) is 51.2 Å². The minimum atomic E-state index is 0.127. The van der Waals surface area contributed by atoms with Crippen LogP contribution in [0.4, 0.5) is 5.69 Å². The first-order valence-corrected chi connectivity index (χ1v) is 10.4. The Hall–Kier alpha value is -1.65. The number of thiophene rings is 1. The van der Waals surface area contributed by atoms with Gasteiger partial charge in [-0.15, -0.1) is 11.3 Å².